The molecule has 0 aliphatic rings. The zero-order valence-electron chi connectivity index (χ0n) is 11.1. The lowest BCUT2D eigenvalue weighted by molar-refractivity contribution is -0.135. The van der Waals surface area contributed by atoms with Crippen molar-refractivity contribution in [3.63, 3.8) is 0 Å². The van der Waals surface area contributed by atoms with Crippen LogP contribution in [0.2, 0.25) is 0 Å². The number of alkyl halides is 3. The molecule has 0 radical (unpaired) electrons. The Balaban J connectivity index is 1.79. The standard InChI is InChI=1S/C13H14F3N3OS/c14-13(15,16)6-2-1-3-8-20-11-5-4-7-17-12(11)10-9-18-21-19-10/h4-5,7,9H,1-3,6,8H2. The van der Waals surface area contributed by atoms with Crippen LogP contribution < -0.4 is 4.74 Å². The molecular formula is C13H14F3N3OS. The summed E-state index contributed by atoms with van der Waals surface area (Å²) in [7, 11) is 0. The van der Waals surface area contributed by atoms with Gasteiger partial charge in [-0.15, -0.1) is 0 Å². The Labute approximate surface area is 124 Å². The third-order valence-corrected chi connectivity index (χ3v) is 3.21. The summed E-state index contributed by atoms with van der Waals surface area (Å²) < 4.78 is 49.6. The predicted molar refractivity (Wildman–Crippen MR) is 73.2 cm³/mol. The van der Waals surface area contributed by atoms with Gasteiger partial charge in [-0.1, -0.05) is 0 Å². The molecule has 0 spiro atoms. The van der Waals surface area contributed by atoms with Gasteiger partial charge in [-0.05, 0) is 31.4 Å². The first-order valence-electron chi connectivity index (χ1n) is 6.49. The maximum atomic E-state index is 12.0. The zero-order valence-corrected chi connectivity index (χ0v) is 12.0. The molecule has 114 valence electrons. The minimum atomic E-state index is -4.07. The van der Waals surface area contributed by atoms with E-state index in [1.807, 2.05) is 0 Å². The van der Waals surface area contributed by atoms with Crippen LogP contribution in [0.1, 0.15) is 25.7 Å². The van der Waals surface area contributed by atoms with Gasteiger partial charge in [0.15, 0.2) is 0 Å². The van der Waals surface area contributed by atoms with Crippen LogP contribution in [0.25, 0.3) is 11.4 Å². The Morgan fingerprint density at radius 3 is 2.76 bits per heavy atom. The quantitative estimate of drug-likeness (QED) is 0.721. The Hall–Kier alpha value is -1.70. The van der Waals surface area contributed by atoms with E-state index in [0.29, 0.717) is 36.6 Å². The highest BCUT2D eigenvalue weighted by Crippen LogP contribution is 2.26. The van der Waals surface area contributed by atoms with E-state index < -0.39 is 12.6 Å². The number of hydrogen-bond donors (Lipinski definition) is 0. The van der Waals surface area contributed by atoms with Crippen LogP contribution in [0.5, 0.6) is 5.75 Å². The van der Waals surface area contributed by atoms with Gasteiger partial charge in [0.1, 0.15) is 17.1 Å². The molecule has 0 aliphatic heterocycles. The summed E-state index contributed by atoms with van der Waals surface area (Å²) in [6.45, 7) is 0.355. The average molecular weight is 317 g/mol. The monoisotopic (exact) mass is 317 g/mol. The van der Waals surface area contributed by atoms with Crippen LogP contribution in [-0.4, -0.2) is 26.5 Å². The molecule has 8 heteroatoms. The summed E-state index contributed by atoms with van der Waals surface area (Å²) in [6.07, 6.45) is -0.408. The van der Waals surface area contributed by atoms with Crippen molar-refractivity contribution in [3.8, 4) is 17.1 Å². The fraction of sp³-hybridized carbons (Fsp3) is 0.462. The van der Waals surface area contributed by atoms with E-state index in [4.69, 9.17) is 4.74 Å². The van der Waals surface area contributed by atoms with Gasteiger partial charge in [-0.2, -0.15) is 21.9 Å². The van der Waals surface area contributed by atoms with E-state index in [2.05, 4.69) is 13.7 Å². The molecule has 2 heterocycles. The van der Waals surface area contributed by atoms with Crippen molar-refractivity contribution in [1.29, 1.82) is 0 Å². The highest BCUT2D eigenvalue weighted by atomic mass is 32.1. The van der Waals surface area contributed by atoms with Gasteiger partial charge in [0.05, 0.1) is 24.5 Å². The lowest BCUT2D eigenvalue weighted by atomic mass is 10.2. The Bertz CT molecular complexity index is 546. The van der Waals surface area contributed by atoms with E-state index in [9.17, 15) is 13.2 Å². The summed E-state index contributed by atoms with van der Waals surface area (Å²) in [5.41, 5.74) is 1.23. The van der Waals surface area contributed by atoms with Gasteiger partial charge in [0, 0.05) is 12.6 Å². The van der Waals surface area contributed by atoms with E-state index in [0.717, 1.165) is 11.7 Å². The summed E-state index contributed by atoms with van der Waals surface area (Å²) in [6, 6.07) is 3.50. The fourth-order valence-corrected chi connectivity index (χ4v) is 2.17. The molecule has 2 aromatic heterocycles. The summed E-state index contributed by atoms with van der Waals surface area (Å²) in [4.78, 5) is 4.20. The number of nitrogens with zero attached hydrogens (tertiary/aromatic N) is 3. The van der Waals surface area contributed by atoms with Crippen LogP contribution in [0.3, 0.4) is 0 Å². The molecule has 0 saturated heterocycles. The van der Waals surface area contributed by atoms with Crippen molar-refractivity contribution in [3.05, 3.63) is 24.5 Å². The van der Waals surface area contributed by atoms with Gasteiger partial charge in [-0.3, -0.25) is 4.98 Å². The summed E-state index contributed by atoms with van der Waals surface area (Å²) in [5.74, 6) is 0.570. The van der Waals surface area contributed by atoms with Crippen LogP contribution in [0.15, 0.2) is 24.5 Å². The van der Waals surface area contributed by atoms with Gasteiger partial charge < -0.3 is 4.74 Å². The van der Waals surface area contributed by atoms with Crippen molar-refractivity contribution in [2.75, 3.05) is 6.61 Å². The highest BCUT2D eigenvalue weighted by Gasteiger charge is 2.25. The topological polar surface area (TPSA) is 47.9 Å². The van der Waals surface area contributed by atoms with Crippen molar-refractivity contribution >= 4 is 11.7 Å². The molecule has 21 heavy (non-hydrogen) atoms. The smallest absolute Gasteiger partial charge is 0.389 e. The SMILES string of the molecule is FC(F)(F)CCCCCOc1cccnc1-c1cnsn1. The number of rotatable bonds is 7. The van der Waals surface area contributed by atoms with E-state index >= 15 is 0 Å². The number of pyridine rings is 1. The average Bonchev–Trinajstić information content (AvgIpc) is 2.96. The van der Waals surface area contributed by atoms with Crippen molar-refractivity contribution in [2.24, 2.45) is 0 Å². The van der Waals surface area contributed by atoms with Crippen molar-refractivity contribution in [1.82, 2.24) is 13.7 Å². The normalized spacial score (nSPS) is 11.6. The molecule has 0 saturated carbocycles. The van der Waals surface area contributed by atoms with Gasteiger partial charge in [0.25, 0.3) is 0 Å². The summed E-state index contributed by atoms with van der Waals surface area (Å²) in [5, 5.41) is 0. The van der Waals surface area contributed by atoms with Gasteiger partial charge in [-0.25, -0.2) is 0 Å². The predicted octanol–water partition coefficient (Wildman–Crippen LogP) is 4.10. The number of ether oxygens (including phenoxy) is 1. The maximum Gasteiger partial charge on any atom is 0.389 e. The second-order valence-electron chi connectivity index (χ2n) is 4.42. The molecular weight excluding hydrogens is 303 g/mol. The van der Waals surface area contributed by atoms with Crippen LogP contribution >= 0.6 is 11.7 Å². The zero-order chi connectivity index (χ0) is 15.1. The molecule has 0 aliphatic carbocycles. The molecule has 0 N–H and O–H groups in total. The molecule has 4 nitrogen and oxygen atoms in total. The van der Waals surface area contributed by atoms with E-state index in [1.165, 1.54) is 0 Å². The number of unbranched alkanes of at least 4 members (excludes halogenated alkanes) is 2. The molecule has 0 unspecified atom stereocenters. The van der Waals surface area contributed by atoms with Gasteiger partial charge >= 0.3 is 6.18 Å². The summed E-state index contributed by atoms with van der Waals surface area (Å²) >= 11 is 1.08. The Morgan fingerprint density at radius 2 is 2.05 bits per heavy atom. The Kier molecular flexibility index (Phi) is 5.49. The van der Waals surface area contributed by atoms with E-state index in [1.54, 1.807) is 24.5 Å². The first kappa shape index (κ1) is 15.7. The third kappa shape index (κ3) is 5.30. The maximum absolute atomic E-state index is 12.0. The molecule has 2 aromatic rings. The molecule has 0 bridgehead atoms. The first-order chi connectivity index (χ1) is 10.1. The number of hydrogen-bond acceptors (Lipinski definition) is 5. The first-order valence-corrected chi connectivity index (χ1v) is 7.22. The molecule has 0 aromatic carbocycles. The number of aromatic nitrogens is 3. The molecule has 0 amide bonds. The van der Waals surface area contributed by atoms with Gasteiger partial charge in [0.2, 0.25) is 0 Å². The second-order valence-corrected chi connectivity index (χ2v) is 4.97. The molecule has 2 rings (SSSR count). The molecule has 0 fully saturated rings. The van der Waals surface area contributed by atoms with Crippen LogP contribution in [0, 0.1) is 0 Å². The Morgan fingerprint density at radius 1 is 1.19 bits per heavy atom. The lowest BCUT2D eigenvalue weighted by Gasteiger charge is -2.09. The van der Waals surface area contributed by atoms with E-state index in [-0.39, 0.29) is 6.42 Å². The third-order valence-electron chi connectivity index (χ3n) is 2.74. The fourth-order valence-electron chi connectivity index (χ4n) is 1.75. The largest absolute Gasteiger partial charge is 0.491 e. The minimum absolute atomic E-state index is 0.128. The second kappa shape index (κ2) is 7.35. The molecule has 0 atom stereocenters. The van der Waals surface area contributed by atoms with Crippen LogP contribution in [-0.2, 0) is 0 Å². The number of halogens is 3. The van der Waals surface area contributed by atoms with Crippen LogP contribution in [0.4, 0.5) is 13.2 Å². The van der Waals surface area contributed by atoms with Crippen molar-refractivity contribution in [2.45, 2.75) is 31.9 Å². The highest BCUT2D eigenvalue weighted by molar-refractivity contribution is 6.99. The lowest BCUT2D eigenvalue weighted by Crippen LogP contribution is -2.07. The minimum Gasteiger partial charge on any atom is -0.491 e. The van der Waals surface area contributed by atoms with Crippen molar-refractivity contribution < 1.29 is 17.9 Å².